The number of nitrogens with two attached hydrogens (primary N) is 1. The number of carbonyl (C=O) groups is 1. The van der Waals surface area contributed by atoms with Gasteiger partial charge in [-0.1, -0.05) is 50.1 Å². The highest BCUT2D eigenvalue weighted by atomic mass is 35.5. The Morgan fingerprint density at radius 1 is 1.35 bits per heavy atom. The van der Waals surface area contributed by atoms with E-state index in [9.17, 15) is 4.79 Å². The number of benzene rings is 1. The number of rotatable bonds is 6. The van der Waals surface area contributed by atoms with Crippen LogP contribution in [0.15, 0.2) is 30.3 Å². The monoisotopic (exact) mass is 296 g/mol. The Morgan fingerprint density at radius 2 is 2.00 bits per heavy atom. The maximum atomic E-state index is 11.9. The van der Waals surface area contributed by atoms with Crippen molar-refractivity contribution in [2.45, 2.75) is 50.5 Å². The van der Waals surface area contributed by atoms with Gasteiger partial charge < -0.3 is 11.1 Å². The maximum Gasteiger partial charge on any atom is 0.236 e. The molecule has 112 valence electrons. The molecule has 1 aliphatic rings. The minimum absolute atomic E-state index is 0. The van der Waals surface area contributed by atoms with Gasteiger partial charge in [0.15, 0.2) is 0 Å². The Hall–Kier alpha value is -1.06. The molecule has 1 saturated carbocycles. The molecule has 1 fully saturated rings. The Bertz CT molecular complexity index is 418. The summed E-state index contributed by atoms with van der Waals surface area (Å²) in [5, 5.41) is 3.04. The molecule has 0 saturated heterocycles. The van der Waals surface area contributed by atoms with Crippen molar-refractivity contribution in [3.8, 4) is 0 Å². The highest BCUT2D eigenvalue weighted by molar-refractivity contribution is 5.85. The molecule has 1 aromatic carbocycles. The summed E-state index contributed by atoms with van der Waals surface area (Å²) in [6, 6.07) is 10.1. The molecule has 1 amide bonds. The maximum absolute atomic E-state index is 11.9. The van der Waals surface area contributed by atoms with E-state index in [2.05, 4.69) is 29.6 Å². The van der Waals surface area contributed by atoms with Crippen LogP contribution in [0.25, 0.3) is 0 Å². The molecule has 1 unspecified atom stereocenters. The van der Waals surface area contributed by atoms with Crippen molar-refractivity contribution in [1.82, 2.24) is 5.32 Å². The Labute approximate surface area is 127 Å². The average Bonchev–Trinajstić information content (AvgIpc) is 2.39. The molecular formula is C16H25ClN2O. The lowest BCUT2D eigenvalue weighted by molar-refractivity contribution is -0.123. The first-order valence-electron chi connectivity index (χ1n) is 7.27. The first-order valence-corrected chi connectivity index (χ1v) is 7.27. The molecule has 3 N–H and O–H groups in total. The first-order chi connectivity index (χ1) is 9.18. The van der Waals surface area contributed by atoms with Gasteiger partial charge in [-0.25, -0.2) is 0 Å². The third-order valence-corrected chi connectivity index (χ3v) is 4.23. The second-order valence-electron chi connectivity index (χ2n) is 5.61. The van der Waals surface area contributed by atoms with Crippen molar-refractivity contribution in [3.63, 3.8) is 0 Å². The predicted octanol–water partition coefficient (Wildman–Crippen LogP) is 2.77. The van der Waals surface area contributed by atoms with Crippen LogP contribution >= 0.6 is 12.4 Å². The van der Waals surface area contributed by atoms with Gasteiger partial charge in [-0.05, 0) is 24.8 Å². The highest BCUT2D eigenvalue weighted by Crippen LogP contribution is 2.43. The number of nitrogens with one attached hydrogen (secondary N) is 1. The molecule has 20 heavy (non-hydrogen) atoms. The van der Waals surface area contributed by atoms with E-state index in [1.54, 1.807) is 0 Å². The first kappa shape index (κ1) is 17.0. The van der Waals surface area contributed by atoms with Gasteiger partial charge in [-0.2, -0.15) is 0 Å². The van der Waals surface area contributed by atoms with Crippen molar-refractivity contribution in [3.05, 3.63) is 35.9 Å². The van der Waals surface area contributed by atoms with Crippen molar-refractivity contribution >= 4 is 18.3 Å². The summed E-state index contributed by atoms with van der Waals surface area (Å²) in [6.45, 7) is 2.76. The zero-order valence-corrected chi connectivity index (χ0v) is 12.9. The third-order valence-electron chi connectivity index (χ3n) is 4.23. The highest BCUT2D eigenvalue weighted by Gasteiger charge is 2.38. The quantitative estimate of drug-likeness (QED) is 0.848. The average molecular weight is 297 g/mol. The van der Waals surface area contributed by atoms with Crippen molar-refractivity contribution in [2.75, 3.05) is 6.54 Å². The molecule has 2 rings (SSSR count). The third kappa shape index (κ3) is 3.74. The standard InChI is InChI=1S/C16H24N2O.ClH/c1-2-7-14(17)15(19)18-12-16(10-6-11-16)13-8-4-3-5-9-13;/h3-5,8-9,14H,2,6-7,10-12,17H2,1H3,(H,18,19);1H. The smallest absolute Gasteiger partial charge is 0.236 e. The van der Waals surface area contributed by atoms with Crippen LogP contribution in [0.2, 0.25) is 0 Å². The summed E-state index contributed by atoms with van der Waals surface area (Å²) >= 11 is 0. The number of halogens is 1. The van der Waals surface area contributed by atoms with E-state index in [-0.39, 0.29) is 29.8 Å². The summed E-state index contributed by atoms with van der Waals surface area (Å²) in [4.78, 5) is 11.9. The van der Waals surface area contributed by atoms with E-state index in [0.717, 1.165) is 25.7 Å². The van der Waals surface area contributed by atoms with Gasteiger partial charge in [-0.15, -0.1) is 12.4 Å². The largest absolute Gasteiger partial charge is 0.354 e. The number of carbonyl (C=O) groups excluding carboxylic acids is 1. The fourth-order valence-corrected chi connectivity index (χ4v) is 2.79. The summed E-state index contributed by atoms with van der Waals surface area (Å²) in [7, 11) is 0. The van der Waals surface area contributed by atoms with Crippen LogP contribution < -0.4 is 11.1 Å². The van der Waals surface area contributed by atoms with E-state index in [1.807, 2.05) is 13.0 Å². The number of hydrogen-bond donors (Lipinski definition) is 2. The predicted molar refractivity (Wildman–Crippen MR) is 85.1 cm³/mol. The number of amides is 1. The van der Waals surface area contributed by atoms with E-state index in [1.165, 1.54) is 12.0 Å². The lowest BCUT2D eigenvalue weighted by Crippen LogP contribution is -2.49. The Kier molecular flexibility index (Phi) is 6.50. The minimum Gasteiger partial charge on any atom is -0.354 e. The fourth-order valence-electron chi connectivity index (χ4n) is 2.79. The molecular weight excluding hydrogens is 272 g/mol. The molecule has 4 heteroatoms. The van der Waals surface area contributed by atoms with Gasteiger partial charge in [-0.3, -0.25) is 4.79 Å². The molecule has 0 aromatic heterocycles. The minimum atomic E-state index is -0.363. The zero-order chi connectivity index (χ0) is 13.7. The fraction of sp³-hybridized carbons (Fsp3) is 0.562. The van der Waals surface area contributed by atoms with Crippen molar-refractivity contribution < 1.29 is 4.79 Å². The van der Waals surface area contributed by atoms with E-state index in [0.29, 0.717) is 6.54 Å². The second-order valence-corrected chi connectivity index (χ2v) is 5.61. The van der Waals surface area contributed by atoms with Crippen molar-refractivity contribution in [1.29, 1.82) is 0 Å². The van der Waals surface area contributed by atoms with E-state index >= 15 is 0 Å². The molecule has 0 radical (unpaired) electrons. The van der Waals surface area contributed by atoms with Crippen LogP contribution in [0.5, 0.6) is 0 Å². The van der Waals surface area contributed by atoms with Gasteiger partial charge in [0.2, 0.25) is 5.91 Å². The molecule has 1 aliphatic carbocycles. The second kappa shape index (κ2) is 7.65. The normalized spacial score (nSPS) is 17.5. The molecule has 1 atom stereocenters. The molecule has 0 aliphatic heterocycles. The lowest BCUT2D eigenvalue weighted by atomic mass is 9.64. The summed E-state index contributed by atoms with van der Waals surface area (Å²) in [5.41, 5.74) is 7.32. The SMILES string of the molecule is CCCC(N)C(=O)NCC1(c2ccccc2)CCC1.Cl. The molecule has 1 aromatic rings. The van der Waals surface area contributed by atoms with Crippen LogP contribution in [-0.2, 0) is 10.2 Å². The van der Waals surface area contributed by atoms with Crippen LogP contribution in [0.1, 0.15) is 44.6 Å². The lowest BCUT2D eigenvalue weighted by Gasteiger charge is -2.42. The molecule has 0 heterocycles. The molecule has 0 bridgehead atoms. The van der Waals surface area contributed by atoms with E-state index < -0.39 is 0 Å². The summed E-state index contributed by atoms with van der Waals surface area (Å²) in [6.07, 6.45) is 5.25. The van der Waals surface area contributed by atoms with Crippen LogP contribution in [0.4, 0.5) is 0 Å². The van der Waals surface area contributed by atoms with Gasteiger partial charge in [0.25, 0.3) is 0 Å². The van der Waals surface area contributed by atoms with Crippen molar-refractivity contribution in [2.24, 2.45) is 5.73 Å². The summed E-state index contributed by atoms with van der Waals surface area (Å²) in [5.74, 6) is -0.0101. The van der Waals surface area contributed by atoms with Crippen LogP contribution in [0, 0.1) is 0 Å². The Balaban J connectivity index is 0.00000200. The van der Waals surface area contributed by atoms with Gasteiger partial charge in [0.1, 0.15) is 0 Å². The van der Waals surface area contributed by atoms with Gasteiger partial charge in [0, 0.05) is 12.0 Å². The van der Waals surface area contributed by atoms with Crippen LogP contribution in [-0.4, -0.2) is 18.5 Å². The van der Waals surface area contributed by atoms with Gasteiger partial charge >= 0.3 is 0 Å². The molecule has 3 nitrogen and oxygen atoms in total. The zero-order valence-electron chi connectivity index (χ0n) is 12.1. The topological polar surface area (TPSA) is 55.1 Å². The van der Waals surface area contributed by atoms with E-state index in [4.69, 9.17) is 5.73 Å². The summed E-state index contributed by atoms with van der Waals surface area (Å²) < 4.78 is 0. The van der Waals surface area contributed by atoms with Crippen LogP contribution in [0.3, 0.4) is 0 Å². The molecule has 0 spiro atoms. The Morgan fingerprint density at radius 3 is 2.50 bits per heavy atom. The van der Waals surface area contributed by atoms with Gasteiger partial charge in [0.05, 0.1) is 6.04 Å². The number of hydrogen-bond acceptors (Lipinski definition) is 2.